The predicted molar refractivity (Wildman–Crippen MR) is 86.0 cm³/mol. The van der Waals surface area contributed by atoms with Crippen molar-refractivity contribution in [3.63, 3.8) is 0 Å². The zero-order valence-corrected chi connectivity index (χ0v) is 13.2. The highest BCUT2D eigenvalue weighted by Crippen LogP contribution is 2.22. The molecule has 0 N–H and O–H groups in total. The summed E-state index contributed by atoms with van der Waals surface area (Å²) in [6.07, 6.45) is 0.270. The van der Waals surface area contributed by atoms with Gasteiger partial charge in [-0.3, -0.25) is 14.9 Å². The van der Waals surface area contributed by atoms with E-state index in [1.807, 2.05) is 17.5 Å². The van der Waals surface area contributed by atoms with Crippen molar-refractivity contribution < 1.29 is 9.72 Å². The molecule has 22 heavy (non-hydrogen) atoms. The van der Waals surface area contributed by atoms with Crippen molar-refractivity contribution in [1.82, 2.24) is 4.57 Å². The average molecular weight is 333 g/mol. The van der Waals surface area contributed by atoms with Crippen LogP contribution in [0.2, 0.25) is 0 Å². The largest absolute Gasteiger partial charge is 0.319 e. The number of aromatic nitrogens is 1. The summed E-state index contributed by atoms with van der Waals surface area (Å²) in [5, 5.41) is 12.7. The molecule has 0 aliphatic heterocycles. The van der Waals surface area contributed by atoms with Crippen molar-refractivity contribution in [3.05, 3.63) is 55.5 Å². The predicted octanol–water partition coefficient (Wildman–Crippen LogP) is 2.88. The number of nitro groups is 1. The molecular formula is C14H11N3O3S2. The summed E-state index contributed by atoms with van der Waals surface area (Å²) < 4.78 is 2.51. The number of thiazole rings is 1. The Balaban J connectivity index is 1.99. The summed E-state index contributed by atoms with van der Waals surface area (Å²) >= 11 is 2.79. The third-order valence-electron chi connectivity index (χ3n) is 3.13. The molecule has 3 aromatic rings. The molecule has 2 heterocycles. The molecular weight excluding hydrogens is 322 g/mol. The highest BCUT2D eigenvalue weighted by atomic mass is 32.1. The molecule has 0 saturated heterocycles. The van der Waals surface area contributed by atoms with Crippen molar-refractivity contribution in [2.45, 2.75) is 6.42 Å². The van der Waals surface area contributed by atoms with Gasteiger partial charge in [-0.05, 0) is 17.5 Å². The fourth-order valence-corrected chi connectivity index (χ4v) is 3.82. The number of benzene rings is 1. The molecule has 3 rings (SSSR count). The molecule has 0 spiro atoms. The minimum atomic E-state index is -0.433. The summed E-state index contributed by atoms with van der Waals surface area (Å²) in [5.41, 5.74) is 0.851. The lowest BCUT2D eigenvalue weighted by molar-refractivity contribution is -0.384. The van der Waals surface area contributed by atoms with Crippen molar-refractivity contribution in [2.24, 2.45) is 12.0 Å². The van der Waals surface area contributed by atoms with Crippen LogP contribution in [0.15, 0.2) is 40.7 Å². The van der Waals surface area contributed by atoms with E-state index in [9.17, 15) is 14.9 Å². The molecule has 0 unspecified atom stereocenters. The third kappa shape index (κ3) is 2.83. The zero-order valence-electron chi connectivity index (χ0n) is 11.6. The summed E-state index contributed by atoms with van der Waals surface area (Å²) in [6.45, 7) is 0. The quantitative estimate of drug-likeness (QED) is 0.546. The maximum absolute atomic E-state index is 12.0. The molecule has 1 aromatic carbocycles. The molecule has 2 aromatic heterocycles. The maximum Gasteiger partial charge on any atom is 0.270 e. The van der Waals surface area contributed by atoms with Crippen LogP contribution in [0.25, 0.3) is 10.2 Å². The van der Waals surface area contributed by atoms with E-state index in [0.717, 1.165) is 15.1 Å². The Bertz CT molecular complexity index is 923. The SMILES string of the molecule is Cn1c(=NC(=O)Cc2cccs2)sc2cc([N+](=O)[O-])ccc21. The van der Waals surface area contributed by atoms with E-state index < -0.39 is 4.92 Å². The molecule has 0 aliphatic rings. The van der Waals surface area contributed by atoms with Crippen LogP contribution < -0.4 is 4.80 Å². The van der Waals surface area contributed by atoms with Gasteiger partial charge < -0.3 is 4.57 Å². The van der Waals surface area contributed by atoms with Gasteiger partial charge in [0.2, 0.25) is 0 Å². The van der Waals surface area contributed by atoms with Crippen LogP contribution in [-0.4, -0.2) is 15.4 Å². The summed E-state index contributed by atoms with van der Waals surface area (Å²) in [7, 11) is 1.79. The normalized spacial score (nSPS) is 12.0. The molecule has 0 atom stereocenters. The van der Waals surface area contributed by atoms with E-state index >= 15 is 0 Å². The summed E-state index contributed by atoms with van der Waals surface area (Å²) in [4.78, 5) is 28.0. The number of hydrogen-bond donors (Lipinski definition) is 0. The smallest absolute Gasteiger partial charge is 0.270 e. The molecule has 0 fully saturated rings. The molecule has 0 saturated carbocycles. The van der Waals surface area contributed by atoms with E-state index in [1.54, 1.807) is 17.7 Å². The van der Waals surface area contributed by atoms with Gasteiger partial charge in [0.1, 0.15) is 0 Å². The third-order valence-corrected chi connectivity index (χ3v) is 5.10. The fourth-order valence-electron chi connectivity index (χ4n) is 2.05. The first kappa shape index (κ1) is 14.6. The van der Waals surface area contributed by atoms with Crippen molar-refractivity contribution >= 4 is 44.5 Å². The molecule has 1 amide bonds. The van der Waals surface area contributed by atoms with Crippen molar-refractivity contribution in [2.75, 3.05) is 0 Å². The number of nitrogens with zero attached hydrogens (tertiary/aromatic N) is 3. The Morgan fingerprint density at radius 2 is 2.23 bits per heavy atom. The summed E-state index contributed by atoms with van der Waals surface area (Å²) in [6, 6.07) is 8.42. The monoisotopic (exact) mass is 333 g/mol. The highest BCUT2D eigenvalue weighted by molar-refractivity contribution is 7.16. The van der Waals surface area contributed by atoms with E-state index in [-0.39, 0.29) is 18.0 Å². The van der Waals surface area contributed by atoms with Crippen LogP contribution in [0.3, 0.4) is 0 Å². The Labute approximate surface area is 133 Å². The van der Waals surface area contributed by atoms with Gasteiger partial charge in [0.15, 0.2) is 4.80 Å². The minimum absolute atomic E-state index is 0.0332. The lowest BCUT2D eigenvalue weighted by Gasteiger charge is -1.95. The zero-order chi connectivity index (χ0) is 15.7. The first-order chi connectivity index (χ1) is 10.5. The second-order valence-electron chi connectivity index (χ2n) is 4.61. The molecule has 0 bridgehead atoms. The molecule has 112 valence electrons. The lowest BCUT2D eigenvalue weighted by atomic mass is 10.3. The van der Waals surface area contributed by atoms with E-state index in [4.69, 9.17) is 0 Å². The van der Waals surface area contributed by atoms with Gasteiger partial charge in [0, 0.05) is 24.1 Å². The summed E-state index contributed by atoms with van der Waals surface area (Å²) in [5.74, 6) is -0.223. The number of hydrogen-bond acceptors (Lipinski definition) is 5. The number of nitro benzene ring substituents is 1. The van der Waals surface area contributed by atoms with E-state index in [1.165, 1.54) is 34.8 Å². The molecule has 0 aliphatic carbocycles. The maximum atomic E-state index is 12.0. The standard InChI is InChI=1S/C14H11N3O3S2/c1-16-11-5-4-9(17(19)20)7-12(11)22-14(16)15-13(18)8-10-3-2-6-21-10/h2-7H,8H2,1H3. The lowest BCUT2D eigenvalue weighted by Crippen LogP contribution is -2.13. The number of thiophene rings is 1. The van der Waals surface area contributed by atoms with Gasteiger partial charge in [-0.2, -0.15) is 4.99 Å². The van der Waals surface area contributed by atoms with E-state index in [0.29, 0.717) is 4.80 Å². The van der Waals surface area contributed by atoms with Crippen molar-refractivity contribution in [1.29, 1.82) is 0 Å². The Morgan fingerprint density at radius 1 is 1.41 bits per heavy atom. The Morgan fingerprint density at radius 3 is 2.91 bits per heavy atom. The Kier molecular flexibility index (Phi) is 3.86. The van der Waals surface area contributed by atoms with Gasteiger partial charge in [-0.15, -0.1) is 11.3 Å². The van der Waals surface area contributed by atoms with Crippen LogP contribution in [0.4, 0.5) is 5.69 Å². The number of carbonyl (C=O) groups is 1. The number of fused-ring (bicyclic) bond motifs is 1. The van der Waals surface area contributed by atoms with Crippen LogP contribution in [0.5, 0.6) is 0 Å². The van der Waals surface area contributed by atoms with Gasteiger partial charge >= 0.3 is 0 Å². The van der Waals surface area contributed by atoms with Gasteiger partial charge in [0.05, 0.1) is 21.6 Å². The second-order valence-corrected chi connectivity index (χ2v) is 6.66. The first-order valence-corrected chi connectivity index (χ1v) is 8.08. The van der Waals surface area contributed by atoms with E-state index in [2.05, 4.69) is 4.99 Å². The fraction of sp³-hybridized carbons (Fsp3) is 0.143. The van der Waals surface area contributed by atoms with Gasteiger partial charge in [-0.25, -0.2) is 0 Å². The number of aryl methyl sites for hydroxylation is 1. The first-order valence-electron chi connectivity index (χ1n) is 6.38. The van der Waals surface area contributed by atoms with Crippen molar-refractivity contribution in [3.8, 4) is 0 Å². The van der Waals surface area contributed by atoms with Crippen LogP contribution >= 0.6 is 22.7 Å². The van der Waals surface area contributed by atoms with Crippen LogP contribution in [0, 0.1) is 10.1 Å². The molecule has 6 nitrogen and oxygen atoms in total. The number of amides is 1. The van der Waals surface area contributed by atoms with Crippen LogP contribution in [0.1, 0.15) is 4.88 Å². The Hall–Kier alpha value is -2.32. The molecule has 0 radical (unpaired) electrons. The van der Waals surface area contributed by atoms with Gasteiger partial charge in [-0.1, -0.05) is 17.4 Å². The average Bonchev–Trinajstić information content (AvgIpc) is 3.08. The minimum Gasteiger partial charge on any atom is -0.319 e. The topological polar surface area (TPSA) is 77.5 Å². The highest BCUT2D eigenvalue weighted by Gasteiger charge is 2.11. The molecule has 8 heteroatoms. The number of carbonyl (C=O) groups excluding carboxylic acids is 1. The van der Waals surface area contributed by atoms with Crippen LogP contribution in [-0.2, 0) is 18.3 Å². The number of non-ortho nitro benzene ring substituents is 1. The number of rotatable bonds is 3. The van der Waals surface area contributed by atoms with Gasteiger partial charge in [0.25, 0.3) is 11.6 Å². The second kappa shape index (κ2) is 5.82.